The molecule has 2 atom stereocenters. The van der Waals surface area contributed by atoms with Gasteiger partial charge >= 0.3 is 0 Å². The molecule has 4 rings (SSSR count). The van der Waals surface area contributed by atoms with Gasteiger partial charge < -0.3 is 10.2 Å². The van der Waals surface area contributed by atoms with Gasteiger partial charge in [0, 0.05) is 25.2 Å². The minimum absolute atomic E-state index is 0.628. The van der Waals surface area contributed by atoms with Crippen molar-refractivity contribution in [2.45, 2.75) is 18.5 Å². The first-order valence-corrected chi connectivity index (χ1v) is 6.48. The molecule has 0 radical (unpaired) electrons. The van der Waals surface area contributed by atoms with E-state index in [0.29, 0.717) is 12.1 Å². The number of anilines is 1. The number of fused-ring (bicyclic) bond motifs is 3. The maximum atomic E-state index is 4.47. The summed E-state index contributed by atoms with van der Waals surface area (Å²) in [4.78, 5) is 12.3. The fourth-order valence-corrected chi connectivity index (χ4v) is 3.55. The average Bonchev–Trinajstić information content (AvgIpc) is 3.03. The van der Waals surface area contributed by atoms with Crippen LogP contribution in [-0.4, -0.2) is 35.1 Å². The molecule has 0 aromatic carbocycles. The Morgan fingerprint density at radius 2 is 2.44 bits per heavy atom. The van der Waals surface area contributed by atoms with Gasteiger partial charge in [-0.3, -0.25) is 0 Å². The Balaban J connectivity index is 1.84. The van der Waals surface area contributed by atoms with Crippen molar-refractivity contribution < 1.29 is 0 Å². The molecule has 0 spiro atoms. The van der Waals surface area contributed by atoms with Gasteiger partial charge in [0.1, 0.15) is 17.0 Å². The lowest BCUT2D eigenvalue weighted by Gasteiger charge is -2.28. The lowest BCUT2D eigenvalue weighted by molar-refractivity contribution is 0.577. The first-order valence-electron chi connectivity index (χ1n) is 5.60. The van der Waals surface area contributed by atoms with Gasteiger partial charge in [-0.15, -0.1) is 11.3 Å². The summed E-state index contributed by atoms with van der Waals surface area (Å²) in [6.45, 7) is 2.19. The van der Waals surface area contributed by atoms with Crippen LogP contribution in [0.1, 0.15) is 6.42 Å². The number of nitrogens with zero attached hydrogens (tertiary/aromatic N) is 3. The highest BCUT2D eigenvalue weighted by Crippen LogP contribution is 2.33. The molecular formula is C11H12N4S. The molecule has 2 saturated heterocycles. The van der Waals surface area contributed by atoms with Crippen LogP contribution >= 0.6 is 11.3 Å². The van der Waals surface area contributed by atoms with Crippen LogP contribution in [0.25, 0.3) is 10.2 Å². The number of piperazine rings is 1. The molecular weight excluding hydrogens is 220 g/mol. The van der Waals surface area contributed by atoms with Crippen LogP contribution in [0.15, 0.2) is 17.8 Å². The molecule has 2 aromatic heterocycles. The molecule has 0 saturated carbocycles. The number of nitrogens with one attached hydrogen (secondary N) is 1. The Labute approximate surface area is 97.3 Å². The maximum absolute atomic E-state index is 4.47. The topological polar surface area (TPSA) is 41.1 Å². The third kappa shape index (κ3) is 1.13. The van der Waals surface area contributed by atoms with E-state index in [1.54, 1.807) is 17.7 Å². The van der Waals surface area contributed by atoms with Crippen LogP contribution in [0.4, 0.5) is 5.82 Å². The van der Waals surface area contributed by atoms with Crippen LogP contribution in [0, 0.1) is 0 Å². The summed E-state index contributed by atoms with van der Waals surface area (Å²) in [6.07, 6.45) is 2.95. The minimum atomic E-state index is 0.628. The molecule has 16 heavy (non-hydrogen) atoms. The molecule has 5 heteroatoms. The molecule has 2 fully saturated rings. The van der Waals surface area contributed by atoms with E-state index in [4.69, 9.17) is 0 Å². The van der Waals surface area contributed by atoms with Crippen LogP contribution in [0.5, 0.6) is 0 Å². The van der Waals surface area contributed by atoms with E-state index in [1.165, 1.54) is 11.8 Å². The van der Waals surface area contributed by atoms with Crippen molar-refractivity contribution in [3.8, 4) is 0 Å². The maximum Gasteiger partial charge on any atom is 0.141 e. The van der Waals surface area contributed by atoms with Crippen molar-refractivity contribution in [2.24, 2.45) is 0 Å². The normalized spacial score (nSPS) is 28.1. The monoisotopic (exact) mass is 232 g/mol. The first kappa shape index (κ1) is 8.90. The Hall–Kier alpha value is -1.20. The second-order valence-electron chi connectivity index (χ2n) is 4.48. The number of hydrogen-bond donors (Lipinski definition) is 1. The van der Waals surface area contributed by atoms with E-state index >= 15 is 0 Å². The largest absolute Gasteiger partial charge is 0.350 e. The van der Waals surface area contributed by atoms with E-state index in [9.17, 15) is 0 Å². The zero-order chi connectivity index (χ0) is 10.5. The van der Waals surface area contributed by atoms with Crippen molar-refractivity contribution in [3.05, 3.63) is 17.8 Å². The fourth-order valence-electron chi connectivity index (χ4n) is 2.83. The number of aromatic nitrogens is 2. The highest BCUT2D eigenvalue weighted by atomic mass is 32.1. The van der Waals surface area contributed by atoms with Gasteiger partial charge in [-0.25, -0.2) is 9.97 Å². The fraction of sp³-hybridized carbons (Fsp3) is 0.455. The molecule has 2 aliphatic rings. The Kier molecular flexibility index (Phi) is 1.75. The van der Waals surface area contributed by atoms with E-state index in [2.05, 4.69) is 31.6 Å². The third-order valence-corrected chi connectivity index (χ3v) is 4.39. The second-order valence-corrected chi connectivity index (χ2v) is 5.38. The van der Waals surface area contributed by atoms with Crippen LogP contribution in [0.2, 0.25) is 0 Å². The van der Waals surface area contributed by atoms with Gasteiger partial charge in [-0.1, -0.05) is 0 Å². The third-order valence-electron chi connectivity index (χ3n) is 3.57. The molecule has 2 aromatic rings. The summed E-state index contributed by atoms with van der Waals surface area (Å²) in [6, 6.07) is 3.42. The van der Waals surface area contributed by atoms with Crippen molar-refractivity contribution in [2.75, 3.05) is 18.0 Å². The van der Waals surface area contributed by atoms with E-state index < -0.39 is 0 Å². The number of hydrogen-bond acceptors (Lipinski definition) is 5. The molecule has 2 unspecified atom stereocenters. The summed E-state index contributed by atoms with van der Waals surface area (Å²) in [5, 5.41) is 6.82. The van der Waals surface area contributed by atoms with Gasteiger partial charge in [-0.2, -0.15) is 0 Å². The summed E-state index contributed by atoms with van der Waals surface area (Å²) in [7, 11) is 0. The average molecular weight is 232 g/mol. The van der Waals surface area contributed by atoms with Crippen LogP contribution in [-0.2, 0) is 0 Å². The Bertz CT molecular complexity index is 538. The molecule has 0 amide bonds. The molecule has 2 aliphatic heterocycles. The lowest BCUT2D eigenvalue weighted by atomic mass is 10.2. The lowest BCUT2D eigenvalue weighted by Crippen LogP contribution is -2.44. The van der Waals surface area contributed by atoms with Gasteiger partial charge in [-0.05, 0) is 17.9 Å². The van der Waals surface area contributed by atoms with Crippen LogP contribution in [0.3, 0.4) is 0 Å². The SMILES string of the molecule is c1nc(N2CC3CC2CN3)c2ccsc2n1. The minimum Gasteiger partial charge on any atom is -0.350 e. The van der Waals surface area contributed by atoms with Gasteiger partial charge in [0.05, 0.1) is 5.39 Å². The number of thiophene rings is 1. The van der Waals surface area contributed by atoms with Gasteiger partial charge in [0.15, 0.2) is 0 Å². The molecule has 4 nitrogen and oxygen atoms in total. The molecule has 4 heterocycles. The summed E-state index contributed by atoms with van der Waals surface area (Å²) in [5.74, 6) is 1.13. The summed E-state index contributed by atoms with van der Waals surface area (Å²) >= 11 is 1.69. The Morgan fingerprint density at radius 1 is 1.44 bits per heavy atom. The molecule has 1 N–H and O–H groups in total. The number of rotatable bonds is 1. The highest BCUT2D eigenvalue weighted by Gasteiger charge is 2.38. The van der Waals surface area contributed by atoms with Crippen molar-refractivity contribution in [3.63, 3.8) is 0 Å². The van der Waals surface area contributed by atoms with Gasteiger partial charge in [0.2, 0.25) is 0 Å². The molecule has 2 bridgehead atoms. The van der Waals surface area contributed by atoms with E-state index in [0.717, 1.165) is 23.7 Å². The second kappa shape index (κ2) is 3.15. The Morgan fingerprint density at radius 3 is 3.25 bits per heavy atom. The zero-order valence-corrected chi connectivity index (χ0v) is 9.57. The predicted octanol–water partition coefficient (Wildman–Crippen LogP) is 1.24. The highest BCUT2D eigenvalue weighted by molar-refractivity contribution is 7.16. The first-order chi connectivity index (χ1) is 7.92. The van der Waals surface area contributed by atoms with Crippen molar-refractivity contribution in [1.29, 1.82) is 0 Å². The smallest absolute Gasteiger partial charge is 0.141 e. The quantitative estimate of drug-likeness (QED) is 0.803. The summed E-state index contributed by atoms with van der Waals surface area (Å²) < 4.78 is 0. The van der Waals surface area contributed by atoms with Crippen LogP contribution < -0.4 is 10.2 Å². The molecule has 82 valence electrons. The van der Waals surface area contributed by atoms with E-state index in [1.807, 2.05) is 0 Å². The van der Waals surface area contributed by atoms with E-state index in [-0.39, 0.29) is 0 Å². The van der Waals surface area contributed by atoms with Crippen molar-refractivity contribution >= 4 is 27.4 Å². The van der Waals surface area contributed by atoms with Gasteiger partial charge in [0.25, 0.3) is 0 Å². The zero-order valence-electron chi connectivity index (χ0n) is 8.76. The van der Waals surface area contributed by atoms with Crippen molar-refractivity contribution in [1.82, 2.24) is 15.3 Å². The standard InChI is InChI=1S/C11H12N4S/c1-2-16-11-9(1)10(13-6-14-11)15-5-7-3-8(15)4-12-7/h1-2,6-8,12H,3-5H2. The molecule has 0 aliphatic carbocycles. The summed E-state index contributed by atoms with van der Waals surface area (Å²) in [5.41, 5.74) is 0. The predicted molar refractivity (Wildman–Crippen MR) is 65.0 cm³/mol.